The molecule has 2 N–H and O–H groups in total. The first-order chi connectivity index (χ1) is 18.7. The number of anilines is 2. The number of aryl methyl sites for hydroxylation is 1. The number of hydrogen-bond donors (Lipinski definition) is 2. The summed E-state index contributed by atoms with van der Waals surface area (Å²) in [7, 11) is -3.70. The molecule has 0 radical (unpaired) electrons. The summed E-state index contributed by atoms with van der Waals surface area (Å²) in [4.78, 5) is 23.9. The van der Waals surface area contributed by atoms with Gasteiger partial charge >= 0.3 is 6.03 Å². The van der Waals surface area contributed by atoms with Crippen LogP contribution >= 0.6 is 0 Å². The van der Waals surface area contributed by atoms with Crippen molar-refractivity contribution in [2.75, 3.05) is 43.2 Å². The Balaban J connectivity index is 1.53. The van der Waals surface area contributed by atoms with Crippen LogP contribution in [0.1, 0.15) is 31.0 Å². The number of nitrogens with one attached hydrogen (secondary N) is 2. The molecule has 0 unspecified atom stereocenters. The van der Waals surface area contributed by atoms with Crippen LogP contribution in [-0.2, 0) is 19.3 Å². The number of rotatable bonds is 8. The SMILES string of the molecule is Cc1ccc(S(=O)(=O)C2(c3cc(N4CCOC[C@@H]4C)nc(-c4ccc(NC(=O)NCCF)cc4)n3)CC2)cc1. The molecule has 2 heterocycles. The molecule has 1 aromatic heterocycles. The highest BCUT2D eigenvalue weighted by molar-refractivity contribution is 7.92. The number of sulfone groups is 1. The monoisotopic (exact) mass is 553 g/mol. The van der Waals surface area contributed by atoms with Gasteiger partial charge in [-0.1, -0.05) is 17.7 Å². The van der Waals surface area contributed by atoms with Gasteiger partial charge in [-0.05, 0) is 63.1 Å². The molecule has 206 valence electrons. The summed E-state index contributed by atoms with van der Waals surface area (Å²) in [5.41, 5.74) is 2.67. The smallest absolute Gasteiger partial charge is 0.319 e. The van der Waals surface area contributed by atoms with Crippen LogP contribution in [0.2, 0.25) is 0 Å². The molecule has 0 bridgehead atoms. The van der Waals surface area contributed by atoms with E-state index in [9.17, 15) is 17.6 Å². The summed E-state index contributed by atoms with van der Waals surface area (Å²) >= 11 is 0. The zero-order chi connectivity index (χ0) is 27.6. The van der Waals surface area contributed by atoms with Crippen molar-refractivity contribution in [1.29, 1.82) is 0 Å². The molecule has 1 saturated carbocycles. The zero-order valence-corrected chi connectivity index (χ0v) is 22.8. The molecule has 2 aromatic carbocycles. The number of benzene rings is 2. The van der Waals surface area contributed by atoms with Gasteiger partial charge in [-0.2, -0.15) is 0 Å². The molecular formula is C28H32FN5O4S. The Bertz CT molecular complexity index is 1440. The second-order valence-corrected chi connectivity index (χ2v) is 12.3. The van der Waals surface area contributed by atoms with Gasteiger partial charge in [0.1, 0.15) is 17.2 Å². The van der Waals surface area contributed by atoms with Crippen LogP contribution in [-0.4, -0.2) is 63.4 Å². The van der Waals surface area contributed by atoms with E-state index in [4.69, 9.17) is 14.7 Å². The van der Waals surface area contributed by atoms with E-state index in [0.29, 0.717) is 61.2 Å². The molecule has 1 aliphatic carbocycles. The van der Waals surface area contributed by atoms with Crippen LogP contribution in [0, 0.1) is 6.92 Å². The predicted molar refractivity (Wildman–Crippen MR) is 147 cm³/mol. The Morgan fingerprint density at radius 3 is 2.49 bits per heavy atom. The van der Waals surface area contributed by atoms with Gasteiger partial charge in [0.05, 0.1) is 29.8 Å². The number of morpholine rings is 1. The highest BCUT2D eigenvalue weighted by Gasteiger charge is 2.58. The Labute approximate surface area is 227 Å². The van der Waals surface area contributed by atoms with Gasteiger partial charge < -0.3 is 20.3 Å². The van der Waals surface area contributed by atoms with Gasteiger partial charge in [-0.25, -0.2) is 27.6 Å². The normalized spacial score (nSPS) is 18.4. The maximum Gasteiger partial charge on any atom is 0.319 e. The first kappa shape index (κ1) is 27.0. The molecule has 2 aliphatic rings. The number of hydrogen-bond acceptors (Lipinski definition) is 7. The number of nitrogens with zero attached hydrogens (tertiary/aromatic N) is 3. The number of alkyl halides is 1. The Morgan fingerprint density at radius 2 is 1.85 bits per heavy atom. The quantitative estimate of drug-likeness (QED) is 0.429. The van der Waals surface area contributed by atoms with E-state index in [2.05, 4.69) is 15.5 Å². The van der Waals surface area contributed by atoms with Crippen molar-refractivity contribution in [2.24, 2.45) is 0 Å². The molecule has 2 fully saturated rings. The topological polar surface area (TPSA) is 114 Å². The molecular weight excluding hydrogens is 521 g/mol. The highest BCUT2D eigenvalue weighted by atomic mass is 32.2. The predicted octanol–water partition coefficient (Wildman–Crippen LogP) is 4.23. The third-order valence-corrected chi connectivity index (χ3v) is 9.71. The summed E-state index contributed by atoms with van der Waals surface area (Å²) in [6.45, 7) is 4.98. The Morgan fingerprint density at radius 1 is 1.13 bits per heavy atom. The van der Waals surface area contributed by atoms with Gasteiger partial charge in [0.2, 0.25) is 0 Å². The summed E-state index contributed by atoms with van der Waals surface area (Å²) in [6, 6.07) is 15.3. The third-order valence-electron chi connectivity index (χ3n) is 7.17. The number of carbonyl (C=O) groups excluding carboxylic acids is 1. The standard InChI is InChI=1S/C28H32FN5O4S/c1-19-3-9-23(10-4-19)39(36,37)28(11-12-28)24-17-25(34-15-16-38-18-20(34)2)33-26(32-24)21-5-7-22(8-6-21)31-27(35)30-14-13-29/h3-10,17,20H,11-16,18H2,1-2H3,(H2,30,31,35)/t20-/m0/s1. The lowest BCUT2D eigenvalue weighted by Gasteiger charge is -2.34. The van der Waals surface area contributed by atoms with Crippen LogP contribution in [0.25, 0.3) is 11.4 Å². The van der Waals surface area contributed by atoms with Crippen LogP contribution in [0.5, 0.6) is 0 Å². The number of ether oxygens (including phenoxy) is 1. The molecule has 39 heavy (non-hydrogen) atoms. The minimum atomic E-state index is -3.70. The van der Waals surface area contributed by atoms with Gasteiger partial charge in [0, 0.05) is 30.4 Å². The zero-order valence-electron chi connectivity index (χ0n) is 22.0. The first-order valence-electron chi connectivity index (χ1n) is 13.0. The van der Waals surface area contributed by atoms with Crippen LogP contribution in [0.3, 0.4) is 0 Å². The summed E-state index contributed by atoms with van der Waals surface area (Å²) in [5, 5.41) is 5.07. The van der Waals surface area contributed by atoms with Gasteiger partial charge in [-0.15, -0.1) is 0 Å². The number of carbonyl (C=O) groups is 1. The summed E-state index contributed by atoms with van der Waals surface area (Å²) in [5.74, 6) is 1.06. The fourth-order valence-electron chi connectivity index (χ4n) is 4.77. The van der Waals surface area contributed by atoms with Crippen molar-refractivity contribution >= 4 is 27.4 Å². The van der Waals surface area contributed by atoms with E-state index in [1.54, 1.807) is 36.4 Å². The minimum absolute atomic E-state index is 0.0626. The maximum atomic E-state index is 13.9. The first-order valence-corrected chi connectivity index (χ1v) is 14.5. The van der Waals surface area contributed by atoms with Gasteiger partial charge in [0.25, 0.3) is 0 Å². The fraction of sp³-hybridized carbons (Fsp3) is 0.393. The Hall–Kier alpha value is -3.57. The highest BCUT2D eigenvalue weighted by Crippen LogP contribution is 2.55. The molecule has 1 aliphatic heterocycles. The fourth-order valence-corrected chi connectivity index (χ4v) is 6.73. The third kappa shape index (κ3) is 5.46. The van der Waals surface area contributed by atoms with E-state index in [1.165, 1.54) is 0 Å². The molecule has 0 spiro atoms. The minimum Gasteiger partial charge on any atom is -0.377 e. The molecule has 5 rings (SSSR count). The summed E-state index contributed by atoms with van der Waals surface area (Å²) < 4.78 is 44.6. The van der Waals surface area contributed by atoms with Crippen molar-refractivity contribution in [3.63, 3.8) is 0 Å². The van der Waals surface area contributed by atoms with Crippen LogP contribution in [0.4, 0.5) is 20.7 Å². The molecule has 9 nitrogen and oxygen atoms in total. The largest absolute Gasteiger partial charge is 0.377 e. The molecule has 1 atom stereocenters. The van der Waals surface area contributed by atoms with Gasteiger partial charge in [0.15, 0.2) is 15.7 Å². The van der Waals surface area contributed by atoms with Crippen molar-refractivity contribution < 1.29 is 22.3 Å². The second-order valence-electron chi connectivity index (χ2n) is 10.0. The van der Waals surface area contributed by atoms with Crippen LogP contribution in [0.15, 0.2) is 59.5 Å². The Kier molecular flexibility index (Phi) is 7.55. The molecule has 2 amide bonds. The molecule has 1 saturated heterocycles. The van der Waals surface area contributed by atoms with E-state index in [1.807, 2.05) is 32.0 Å². The van der Waals surface area contributed by atoms with Crippen molar-refractivity contribution in [2.45, 2.75) is 42.4 Å². The molecule has 3 aromatic rings. The number of halogens is 1. The van der Waals surface area contributed by atoms with Crippen molar-refractivity contribution in [1.82, 2.24) is 15.3 Å². The van der Waals surface area contributed by atoms with E-state index in [0.717, 1.165) is 5.56 Å². The van der Waals surface area contributed by atoms with E-state index in [-0.39, 0.29) is 17.5 Å². The second kappa shape index (κ2) is 10.9. The maximum absolute atomic E-state index is 13.9. The van der Waals surface area contributed by atoms with E-state index < -0.39 is 27.3 Å². The van der Waals surface area contributed by atoms with Crippen molar-refractivity contribution in [3.8, 4) is 11.4 Å². The average Bonchev–Trinajstić information content (AvgIpc) is 3.76. The van der Waals surface area contributed by atoms with Gasteiger partial charge in [-0.3, -0.25) is 0 Å². The molecule has 11 heteroatoms. The number of aromatic nitrogens is 2. The van der Waals surface area contributed by atoms with E-state index >= 15 is 0 Å². The number of urea groups is 1. The lowest BCUT2D eigenvalue weighted by molar-refractivity contribution is 0.0985. The summed E-state index contributed by atoms with van der Waals surface area (Å²) in [6.07, 6.45) is 0.962. The average molecular weight is 554 g/mol. The van der Waals surface area contributed by atoms with Crippen LogP contribution < -0.4 is 15.5 Å². The number of amides is 2. The van der Waals surface area contributed by atoms with Crippen molar-refractivity contribution in [3.05, 3.63) is 65.9 Å². The lowest BCUT2D eigenvalue weighted by Crippen LogP contribution is -2.44. The lowest BCUT2D eigenvalue weighted by atomic mass is 10.1.